The van der Waals surface area contributed by atoms with Gasteiger partial charge in [-0.05, 0) is 18.2 Å². The minimum absolute atomic E-state index is 0.0561. The second-order valence-electron chi connectivity index (χ2n) is 5.42. The first kappa shape index (κ1) is 18.4. The highest BCUT2D eigenvalue weighted by atomic mass is 32.2. The number of aliphatic hydroxyl groups is 1. The van der Waals surface area contributed by atoms with Crippen LogP contribution in [-0.4, -0.2) is 36.6 Å². The number of nitrogens with zero attached hydrogens (tertiary/aromatic N) is 1. The molecule has 2 aromatic carbocycles. The number of sulfonamides is 1. The van der Waals surface area contributed by atoms with Gasteiger partial charge in [-0.25, -0.2) is 13.2 Å². The third-order valence-corrected chi connectivity index (χ3v) is 4.95. The zero-order valence-electron chi connectivity index (χ0n) is 13.6. The molecule has 0 radical (unpaired) electrons. The molecule has 4 N–H and O–H groups in total. The van der Waals surface area contributed by atoms with Gasteiger partial charge in [-0.2, -0.15) is 0 Å². The molecule has 0 spiro atoms. The second-order valence-corrected chi connectivity index (χ2v) is 7.10. The van der Waals surface area contributed by atoms with E-state index in [-0.39, 0.29) is 40.7 Å². The van der Waals surface area contributed by atoms with E-state index in [0.29, 0.717) is 5.52 Å². The Balaban J connectivity index is 2.00. The van der Waals surface area contributed by atoms with Crippen LogP contribution in [0.15, 0.2) is 50.5 Å². The summed E-state index contributed by atoms with van der Waals surface area (Å²) in [5.74, 6) is -0.721. The van der Waals surface area contributed by atoms with Crippen LogP contribution in [0.25, 0.3) is 11.1 Å². The third kappa shape index (κ3) is 3.91. The van der Waals surface area contributed by atoms with Crippen LogP contribution in [0.4, 0.5) is 17.1 Å². The Morgan fingerprint density at radius 1 is 1.19 bits per heavy atom. The lowest BCUT2D eigenvalue weighted by Gasteiger charge is -2.13. The van der Waals surface area contributed by atoms with Gasteiger partial charge in [0.1, 0.15) is 0 Å². The fourth-order valence-corrected chi connectivity index (χ4v) is 3.46. The van der Waals surface area contributed by atoms with Gasteiger partial charge < -0.3 is 14.8 Å². The molecule has 0 aliphatic heterocycles. The van der Waals surface area contributed by atoms with Gasteiger partial charge in [0.05, 0.1) is 33.3 Å². The molecule has 0 atom stereocenters. The Morgan fingerprint density at radius 3 is 2.67 bits per heavy atom. The Hall–Kier alpha value is -3.38. The topological polar surface area (TPSA) is 168 Å². The molecular weight excluding hydrogens is 380 g/mol. The fourth-order valence-electron chi connectivity index (χ4n) is 2.37. The van der Waals surface area contributed by atoms with Crippen molar-refractivity contribution in [3.8, 4) is 0 Å². The number of aromatic amines is 1. The zero-order valence-corrected chi connectivity index (χ0v) is 14.4. The van der Waals surface area contributed by atoms with Gasteiger partial charge in [0, 0.05) is 24.7 Å². The van der Waals surface area contributed by atoms with Crippen molar-refractivity contribution in [3.05, 3.63) is 57.1 Å². The summed E-state index contributed by atoms with van der Waals surface area (Å²) in [5.41, 5.74) is 0.273. The lowest BCUT2D eigenvalue weighted by Crippen LogP contribution is -2.15. The van der Waals surface area contributed by atoms with E-state index in [1.807, 2.05) is 0 Å². The average Bonchev–Trinajstić information content (AvgIpc) is 2.99. The predicted molar refractivity (Wildman–Crippen MR) is 96.3 cm³/mol. The first-order valence-corrected chi connectivity index (χ1v) is 9.07. The highest BCUT2D eigenvalue weighted by Crippen LogP contribution is 2.29. The molecule has 0 saturated carbocycles. The van der Waals surface area contributed by atoms with Gasteiger partial charge in [-0.3, -0.25) is 19.8 Å². The van der Waals surface area contributed by atoms with Crippen LogP contribution in [0.3, 0.4) is 0 Å². The van der Waals surface area contributed by atoms with E-state index in [2.05, 4.69) is 15.0 Å². The molecule has 0 unspecified atom stereocenters. The molecular formula is C15H14N4O7S. The van der Waals surface area contributed by atoms with Gasteiger partial charge in [-0.15, -0.1) is 0 Å². The third-order valence-electron chi connectivity index (χ3n) is 3.59. The minimum Gasteiger partial charge on any atom is -0.408 e. The molecule has 142 valence electrons. The van der Waals surface area contributed by atoms with Crippen molar-refractivity contribution >= 4 is 38.2 Å². The number of aliphatic hydroxyl groups excluding tert-OH is 1. The number of hydrogen-bond donors (Lipinski definition) is 4. The highest BCUT2D eigenvalue weighted by molar-refractivity contribution is 7.92. The molecule has 27 heavy (non-hydrogen) atoms. The smallest absolute Gasteiger partial charge is 0.408 e. The molecule has 1 aromatic heterocycles. The number of oxazole rings is 1. The monoisotopic (exact) mass is 394 g/mol. The maximum atomic E-state index is 12.7. The molecule has 0 aliphatic rings. The largest absolute Gasteiger partial charge is 0.417 e. The summed E-state index contributed by atoms with van der Waals surface area (Å²) >= 11 is 0. The number of nitro groups is 1. The molecule has 11 nitrogen and oxygen atoms in total. The fraction of sp³-hybridized carbons (Fsp3) is 0.133. The highest BCUT2D eigenvalue weighted by Gasteiger charge is 2.20. The summed E-state index contributed by atoms with van der Waals surface area (Å²) in [7, 11) is -4.14. The maximum absolute atomic E-state index is 12.7. The van der Waals surface area contributed by atoms with Crippen molar-refractivity contribution in [2.24, 2.45) is 0 Å². The molecule has 1 heterocycles. The van der Waals surface area contributed by atoms with E-state index in [4.69, 9.17) is 9.52 Å². The van der Waals surface area contributed by atoms with Crippen molar-refractivity contribution in [1.29, 1.82) is 0 Å². The van der Waals surface area contributed by atoms with Crippen LogP contribution in [-0.2, 0) is 10.0 Å². The summed E-state index contributed by atoms with van der Waals surface area (Å²) < 4.78 is 32.5. The van der Waals surface area contributed by atoms with Gasteiger partial charge in [0.2, 0.25) is 0 Å². The molecule has 12 heteroatoms. The first-order chi connectivity index (χ1) is 12.8. The van der Waals surface area contributed by atoms with Crippen molar-refractivity contribution < 1.29 is 22.9 Å². The van der Waals surface area contributed by atoms with E-state index >= 15 is 0 Å². The summed E-state index contributed by atoms with van der Waals surface area (Å²) in [6.07, 6.45) is 0. The Labute approximate surface area is 151 Å². The molecule has 0 amide bonds. The Bertz CT molecular complexity index is 1170. The van der Waals surface area contributed by atoms with E-state index in [1.54, 1.807) is 0 Å². The Kier molecular flexibility index (Phi) is 4.83. The van der Waals surface area contributed by atoms with Crippen LogP contribution in [0.1, 0.15) is 0 Å². The number of nitrogens with one attached hydrogen (secondary N) is 3. The van der Waals surface area contributed by atoms with Crippen LogP contribution >= 0.6 is 0 Å². The number of benzene rings is 2. The van der Waals surface area contributed by atoms with Crippen LogP contribution in [0.5, 0.6) is 0 Å². The number of anilines is 2. The molecule has 0 bridgehead atoms. The Morgan fingerprint density at radius 2 is 1.96 bits per heavy atom. The van der Waals surface area contributed by atoms with Crippen molar-refractivity contribution in [1.82, 2.24) is 4.98 Å². The number of aromatic nitrogens is 1. The molecule has 0 aliphatic carbocycles. The van der Waals surface area contributed by atoms with E-state index in [0.717, 1.165) is 12.1 Å². The second kappa shape index (κ2) is 7.09. The molecule has 3 aromatic rings. The summed E-state index contributed by atoms with van der Waals surface area (Å²) in [6, 6.07) is 7.39. The quantitative estimate of drug-likeness (QED) is 0.343. The number of fused-ring (bicyclic) bond motifs is 1. The summed E-state index contributed by atoms with van der Waals surface area (Å²) in [6.45, 7) is -0.0978. The average molecular weight is 394 g/mol. The number of H-pyrrole nitrogens is 1. The summed E-state index contributed by atoms with van der Waals surface area (Å²) in [4.78, 5) is 23.7. The van der Waals surface area contributed by atoms with Crippen LogP contribution in [0.2, 0.25) is 0 Å². The van der Waals surface area contributed by atoms with Gasteiger partial charge in [-0.1, -0.05) is 0 Å². The SMILES string of the molecule is O=c1[nH]c2ccc(S(=O)(=O)Nc3cc([N+](=O)[O-])ccc3NCCO)cc2o1. The van der Waals surface area contributed by atoms with E-state index in [9.17, 15) is 23.3 Å². The lowest BCUT2D eigenvalue weighted by molar-refractivity contribution is -0.384. The number of hydrogen-bond acceptors (Lipinski definition) is 8. The minimum atomic E-state index is -4.14. The molecule has 0 fully saturated rings. The molecule has 0 saturated heterocycles. The number of nitro benzene ring substituents is 1. The van der Waals surface area contributed by atoms with E-state index in [1.165, 1.54) is 24.3 Å². The zero-order chi connectivity index (χ0) is 19.6. The normalized spacial score (nSPS) is 11.4. The van der Waals surface area contributed by atoms with Crippen LogP contribution in [0, 0.1) is 10.1 Å². The summed E-state index contributed by atoms with van der Waals surface area (Å²) in [5, 5.41) is 22.7. The van der Waals surface area contributed by atoms with Crippen LogP contribution < -0.4 is 15.8 Å². The molecule has 3 rings (SSSR count). The van der Waals surface area contributed by atoms with Crippen molar-refractivity contribution in [2.45, 2.75) is 4.90 Å². The van der Waals surface area contributed by atoms with Crippen molar-refractivity contribution in [2.75, 3.05) is 23.2 Å². The maximum Gasteiger partial charge on any atom is 0.417 e. The first-order valence-electron chi connectivity index (χ1n) is 7.59. The predicted octanol–water partition coefficient (Wildman–Crippen LogP) is 1.23. The van der Waals surface area contributed by atoms with E-state index < -0.39 is 20.7 Å². The van der Waals surface area contributed by atoms with Gasteiger partial charge in [0.15, 0.2) is 5.58 Å². The number of rotatable bonds is 7. The van der Waals surface area contributed by atoms with Crippen molar-refractivity contribution in [3.63, 3.8) is 0 Å². The van der Waals surface area contributed by atoms with Gasteiger partial charge in [0.25, 0.3) is 15.7 Å². The lowest BCUT2D eigenvalue weighted by atomic mass is 10.2. The van der Waals surface area contributed by atoms with Gasteiger partial charge >= 0.3 is 5.76 Å². The standard InChI is InChI=1S/C15H14N4O7S/c20-6-5-16-11-3-1-9(19(22)23)7-13(11)18-27(24,25)10-2-4-12-14(8-10)26-15(21)17-12/h1-4,7-8,16,18,20H,5-6H2,(H,17,21). The number of non-ortho nitro benzene ring substituents is 1.